The van der Waals surface area contributed by atoms with E-state index in [4.69, 9.17) is 14.2 Å². The monoisotopic (exact) mass is 506 g/mol. The highest BCUT2D eigenvalue weighted by molar-refractivity contribution is 7.89. The van der Waals surface area contributed by atoms with Crippen LogP contribution in [-0.2, 0) is 14.8 Å². The van der Waals surface area contributed by atoms with E-state index in [2.05, 4.69) is 0 Å². The minimum Gasteiger partial charge on any atom is -0.454 e. The third-order valence-corrected chi connectivity index (χ3v) is 8.20. The number of methoxy groups -OCH3 is 1. The Morgan fingerprint density at radius 3 is 2.37 bits per heavy atom. The van der Waals surface area contributed by atoms with Gasteiger partial charge in [-0.3, -0.25) is 4.79 Å². The number of nitrogens with zero attached hydrogens (tertiary/aromatic N) is 2. The molecule has 9 nitrogen and oxygen atoms in total. The van der Waals surface area contributed by atoms with Crippen LogP contribution in [0.15, 0.2) is 47.4 Å². The van der Waals surface area contributed by atoms with Crippen LogP contribution in [0.25, 0.3) is 0 Å². The van der Waals surface area contributed by atoms with Gasteiger partial charge in [0.2, 0.25) is 16.8 Å². The summed E-state index contributed by atoms with van der Waals surface area (Å²) in [6, 6.07) is 11.0. The van der Waals surface area contributed by atoms with Crippen LogP contribution in [0.1, 0.15) is 29.8 Å². The average Bonchev–Trinajstić information content (AvgIpc) is 3.32. The maximum atomic E-state index is 13.4. The highest BCUT2D eigenvalue weighted by Crippen LogP contribution is 2.33. The van der Waals surface area contributed by atoms with Crippen molar-refractivity contribution >= 4 is 15.9 Å². The van der Waals surface area contributed by atoms with E-state index in [9.17, 15) is 18.3 Å². The summed E-state index contributed by atoms with van der Waals surface area (Å²) < 4.78 is 44.4. The number of sulfonamides is 1. The Bertz CT molecular complexity index is 1120. The number of benzene rings is 2. The lowest BCUT2D eigenvalue weighted by Gasteiger charge is -2.33. The van der Waals surface area contributed by atoms with Crippen molar-refractivity contribution in [2.24, 2.45) is 5.92 Å². The summed E-state index contributed by atoms with van der Waals surface area (Å²) in [5, 5.41) is 9.77. The zero-order valence-electron chi connectivity index (χ0n) is 20.8. The Morgan fingerprint density at radius 1 is 1.09 bits per heavy atom. The standard InChI is InChI=1S/C25H34N2O7S/c1-17-6-9-21(10-7-17)35(30,31)27(19(3)15-28)13-18(2)24(32-5)14-26(4)25(29)20-8-11-22-23(12-20)34-16-33-22/h6-12,18-19,24,28H,13-16H2,1-5H3/t18-,19-,24+/m1/s1. The van der Waals surface area contributed by atoms with E-state index < -0.39 is 22.2 Å². The molecule has 3 atom stereocenters. The molecule has 2 aromatic carbocycles. The van der Waals surface area contributed by atoms with Gasteiger partial charge in [-0.15, -0.1) is 0 Å². The SMILES string of the molecule is CO[C@@H](CN(C)C(=O)c1ccc2c(c1)OCO2)[C@H](C)CN([C@H](C)CO)S(=O)(=O)c1ccc(C)cc1. The van der Waals surface area contributed by atoms with Crippen LogP contribution in [0.3, 0.4) is 0 Å². The first kappa shape index (κ1) is 26.9. The maximum Gasteiger partial charge on any atom is 0.253 e. The van der Waals surface area contributed by atoms with Gasteiger partial charge in [-0.05, 0) is 50.1 Å². The molecule has 3 rings (SSSR count). The van der Waals surface area contributed by atoms with Gasteiger partial charge < -0.3 is 24.2 Å². The summed E-state index contributed by atoms with van der Waals surface area (Å²) in [5.74, 6) is 0.628. The fourth-order valence-corrected chi connectivity index (χ4v) is 5.67. The molecule has 35 heavy (non-hydrogen) atoms. The number of aryl methyl sites for hydroxylation is 1. The highest BCUT2D eigenvalue weighted by Gasteiger charge is 2.33. The van der Waals surface area contributed by atoms with Crippen molar-refractivity contribution in [2.75, 3.05) is 40.6 Å². The number of hydrogen-bond acceptors (Lipinski definition) is 7. The number of aliphatic hydroxyl groups excluding tert-OH is 1. The number of amides is 1. The molecule has 0 unspecified atom stereocenters. The Morgan fingerprint density at radius 2 is 1.74 bits per heavy atom. The van der Waals surface area contributed by atoms with E-state index >= 15 is 0 Å². The minimum atomic E-state index is -3.85. The van der Waals surface area contributed by atoms with E-state index in [0.29, 0.717) is 17.1 Å². The molecular formula is C25H34N2O7S. The van der Waals surface area contributed by atoms with Crippen LogP contribution in [0.5, 0.6) is 11.5 Å². The summed E-state index contributed by atoms with van der Waals surface area (Å²) in [6.45, 7) is 5.58. The van der Waals surface area contributed by atoms with Crippen LogP contribution in [0.4, 0.5) is 0 Å². The lowest BCUT2D eigenvalue weighted by atomic mass is 10.0. The second-order valence-corrected chi connectivity index (χ2v) is 10.8. The summed E-state index contributed by atoms with van der Waals surface area (Å²) in [5.41, 5.74) is 1.41. The van der Waals surface area contributed by atoms with Crippen molar-refractivity contribution in [3.8, 4) is 11.5 Å². The van der Waals surface area contributed by atoms with E-state index in [0.717, 1.165) is 5.56 Å². The summed E-state index contributed by atoms with van der Waals surface area (Å²) in [4.78, 5) is 14.7. The Hall–Kier alpha value is -2.66. The van der Waals surface area contributed by atoms with E-state index in [1.54, 1.807) is 56.4 Å². The molecule has 0 saturated carbocycles. The molecule has 0 aliphatic carbocycles. The topological polar surface area (TPSA) is 106 Å². The van der Waals surface area contributed by atoms with Crippen LogP contribution in [-0.4, -0.2) is 81.4 Å². The first-order valence-electron chi connectivity index (χ1n) is 11.5. The molecule has 1 aliphatic rings. The average molecular weight is 507 g/mol. The fraction of sp³-hybridized carbons (Fsp3) is 0.480. The fourth-order valence-electron chi connectivity index (χ4n) is 3.94. The molecule has 0 fully saturated rings. The van der Waals surface area contributed by atoms with Crippen molar-refractivity contribution in [2.45, 2.75) is 37.8 Å². The molecule has 0 radical (unpaired) electrons. The van der Waals surface area contributed by atoms with Crippen LogP contribution >= 0.6 is 0 Å². The molecular weight excluding hydrogens is 472 g/mol. The van der Waals surface area contributed by atoms with Gasteiger partial charge >= 0.3 is 0 Å². The Kier molecular flexibility index (Phi) is 8.76. The lowest BCUT2D eigenvalue weighted by molar-refractivity contribution is 0.0221. The van der Waals surface area contributed by atoms with E-state index in [-0.39, 0.29) is 43.2 Å². The molecule has 0 aromatic heterocycles. The Labute approximate surface area is 207 Å². The molecule has 0 spiro atoms. The predicted octanol–water partition coefficient (Wildman–Crippen LogP) is 2.52. The van der Waals surface area contributed by atoms with Crippen molar-refractivity contribution in [1.82, 2.24) is 9.21 Å². The first-order chi connectivity index (χ1) is 16.6. The molecule has 192 valence electrons. The smallest absolute Gasteiger partial charge is 0.253 e. The van der Waals surface area contributed by atoms with Crippen molar-refractivity contribution in [3.05, 3.63) is 53.6 Å². The zero-order valence-corrected chi connectivity index (χ0v) is 21.6. The number of fused-ring (bicyclic) bond motifs is 1. The first-order valence-corrected chi connectivity index (χ1v) is 12.9. The molecule has 10 heteroatoms. The zero-order chi connectivity index (χ0) is 25.8. The van der Waals surface area contributed by atoms with Gasteiger partial charge in [-0.2, -0.15) is 4.31 Å². The van der Waals surface area contributed by atoms with Gasteiger partial charge in [0.05, 0.1) is 17.6 Å². The predicted molar refractivity (Wildman–Crippen MR) is 131 cm³/mol. The molecule has 1 N–H and O–H groups in total. The quantitative estimate of drug-likeness (QED) is 0.499. The number of carbonyl (C=O) groups excluding carboxylic acids is 1. The third kappa shape index (κ3) is 6.13. The maximum absolute atomic E-state index is 13.4. The van der Waals surface area contributed by atoms with Gasteiger partial charge in [-0.1, -0.05) is 24.6 Å². The summed E-state index contributed by atoms with van der Waals surface area (Å²) >= 11 is 0. The minimum absolute atomic E-state index is 0.114. The van der Waals surface area contributed by atoms with Crippen LogP contribution < -0.4 is 9.47 Å². The molecule has 1 amide bonds. The van der Waals surface area contributed by atoms with Gasteiger partial charge in [0.15, 0.2) is 11.5 Å². The van der Waals surface area contributed by atoms with Gasteiger partial charge in [-0.25, -0.2) is 8.42 Å². The number of carbonyl (C=O) groups is 1. The van der Waals surface area contributed by atoms with Gasteiger partial charge in [0.1, 0.15) is 0 Å². The normalized spacial score (nSPS) is 15.6. The molecule has 0 saturated heterocycles. The molecule has 1 heterocycles. The number of likely N-dealkylation sites (N-methyl/N-ethyl adjacent to an activating group) is 1. The van der Waals surface area contributed by atoms with Crippen molar-refractivity contribution in [1.29, 1.82) is 0 Å². The number of aliphatic hydroxyl groups is 1. The number of ether oxygens (including phenoxy) is 3. The molecule has 1 aliphatic heterocycles. The van der Waals surface area contributed by atoms with Crippen LogP contribution in [0, 0.1) is 12.8 Å². The second kappa shape index (κ2) is 11.4. The van der Waals surface area contributed by atoms with E-state index in [1.807, 2.05) is 13.8 Å². The van der Waals surface area contributed by atoms with Crippen molar-refractivity contribution < 1.29 is 32.5 Å². The van der Waals surface area contributed by atoms with Gasteiger partial charge in [0.25, 0.3) is 5.91 Å². The third-order valence-electron chi connectivity index (χ3n) is 6.21. The summed E-state index contributed by atoms with van der Waals surface area (Å²) in [7, 11) is -0.643. The lowest BCUT2D eigenvalue weighted by Crippen LogP contribution is -2.47. The Balaban J connectivity index is 1.73. The number of rotatable bonds is 11. The number of hydrogen-bond donors (Lipinski definition) is 1. The highest BCUT2D eigenvalue weighted by atomic mass is 32.2. The van der Waals surface area contributed by atoms with E-state index in [1.165, 1.54) is 16.3 Å². The van der Waals surface area contributed by atoms with Crippen LogP contribution in [0.2, 0.25) is 0 Å². The van der Waals surface area contributed by atoms with Gasteiger partial charge in [0, 0.05) is 38.9 Å². The second-order valence-electron chi connectivity index (χ2n) is 8.92. The molecule has 2 aromatic rings. The molecule has 0 bridgehead atoms. The summed E-state index contributed by atoms with van der Waals surface area (Å²) in [6.07, 6.45) is -0.445. The largest absolute Gasteiger partial charge is 0.454 e. The van der Waals surface area contributed by atoms with Crippen molar-refractivity contribution in [3.63, 3.8) is 0 Å².